The average Bonchev–Trinajstić information content (AvgIpc) is 2.27. The third-order valence-corrected chi connectivity index (χ3v) is 3.49. The van der Waals surface area contributed by atoms with Crippen LogP contribution in [-0.2, 0) is 4.79 Å². The molecular formula is C13H19NO3S. The van der Waals surface area contributed by atoms with Crippen LogP contribution >= 0.6 is 11.8 Å². The Morgan fingerprint density at radius 1 is 1.44 bits per heavy atom. The first-order chi connectivity index (χ1) is 8.41. The van der Waals surface area contributed by atoms with Gasteiger partial charge in [0.1, 0.15) is 6.10 Å². The first kappa shape index (κ1) is 15.0. The van der Waals surface area contributed by atoms with Gasteiger partial charge in [-0.05, 0) is 25.0 Å². The fourth-order valence-electron chi connectivity index (χ4n) is 1.65. The molecule has 100 valence electrons. The average molecular weight is 269 g/mol. The molecule has 1 rings (SSSR count). The molecule has 1 aromatic carbocycles. The fourth-order valence-corrected chi connectivity index (χ4v) is 2.30. The van der Waals surface area contributed by atoms with Crippen molar-refractivity contribution in [3.8, 4) is 0 Å². The molecule has 2 atom stereocenters. The SMILES string of the molecule is CC(=O)SCCC(O)C(O)c1ccc(C)cc1N. The van der Waals surface area contributed by atoms with Gasteiger partial charge in [-0.15, -0.1) is 0 Å². The molecule has 0 saturated heterocycles. The summed E-state index contributed by atoms with van der Waals surface area (Å²) in [6.45, 7) is 3.39. The number of carbonyl (C=O) groups is 1. The Bertz CT molecular complexity index is 423. The summed E-state index contributed by atoms with van der Waals surface area (Å²) >= 11 is 1.14. The van der Waals surface area contributed by atoms with E-state index in [1.54, 1.807) is 12.1 Å². The van der Waals surface area contributed by atoms with Crippen LogP contribution in [0.4, 0.5) is 5.69 Å². The monoisotopic (exact) mass is 269 g/mol. The fraction of sp³-hybridized carbons (Fsp3) is 0.462. The van der Waals surface area contributed by atoms with E-state index in [1.807, 2.05) is 13.0 Å². The van der Waals surface area contributed by atoms with E-state index in [-0.39, 0.29) is 5.12 Å². The Hall–Kier alpha value is -1.04. The number of nitrogens with two attached hydrogens (primary N) is 1. The van der Waals surface area contributed by atoms with Crippen molar-refractivity contribution in [1.29, 1.82) is 0 Å². The maximum atomic E-state index is 10.8. The van der Waals surface area contributed by atoms with E-state index < -0.39 is 12.2 Å². The summed E-state index contributed by atoms with van der Waals surface area (Å²) in [5, 5.41) is 19.9. The van der Waals surface area contributed by atoms with Gasteiger partial charge in [0.25, 0.3) is 0 Å². The second-order valence-corrected chi connectivity index (χ2v) is 5.55. The second kappa shape index (κ2) is 6.78. The zero-order valence-corrected chi connectivity index (χ0v) is 11.4. The van der Waals surface area contributed by atoms with Gasteiger partial charge in [0.05, 0.1) is 6.10 Å². The van der Waals surface area contributed by atoms with Crippen molar-refractivity contribution in [3.05, 3.63) is 29.3 Å². The standard InChI is InChI=1S/C13H19NO3S/c1-8-3-4-10(11(14)7-8)13(17)12(16)5-6-18-9(2)15/h3-4,7,12-13,16-17H,5-6,14H2,1-2H3. The van der Waals surface area contributed by atoms with Gasteiger partial charge < -0.3 is 15.9 Å². The van der Waals surface area contributed by atoms with Crippen molar-refractivity contribution in [2.24, 2.45) is 0 Å². The van der Waals surface area contributed by atoms with Gasteiger partial charge in [-0.3, -0.25) is 4.79 Å². The van der Waals surface area contributed by atoms with Crippen LogP contribution in [0, 0.1) is 6.92 Å². The van der Waals surface area contributed by atoms with Crippen molar-refractivity contribution in [3.63, 3.8) is 0 Å². The summed E-state index contributed by atoms with van der Waals surface area (Å²) in [5.41, 5.74) is 7.81. The van der Waals surface area contributed by atoms with Gasteiger partial charge in [0.15, 0.2) is 5.12 Å². The maximum Gasteiger partial charge on any atom is 0.185 e. The molecule has 5 heteroatoms. The predicted molar refractivity (Wildman–Crippen MR) is 74.3 cm³/mol. The Morgan fingerprint density at radius 2 is 2.11 bits per heavy atom. The topological polar surface area (TPSA) is 83.5 Å². The third-order valence-electron chi connectivity index (χ3n) is 2.64. The van der Waals surface area contributed by atoms with Gasteiger partial charge in [0.2, 0.25) is 0 Å². The second-order valence-electron chi connectivity index (χ2n) is 4.27. The van der Waals surface area contributed by atoms with E-state index in [4.69, 9.17) is 5.73 Å². The van der Waals surface area contributed by atoms with E-state index in [0.29, 0.717) is 23.4 Å². The summed E-state index contributed by atoms with van der Waals surface area (Å²) in [6.07, 6.45) is -1.58. The zero-order chi connectivity index (χ0) is 13.7. The van der Waals surface area contributed by atoms with Crippen LogP contribution in [0.25, 0.3) is 0 Å². The molecular weight excluding hydrogens is 250 g/mol. The number of hydrogen-bond donors (Lipinski definition) is 3. The van der Waals surface area contributed by atoms with Crippen molar-refractivity contribution in [2.75, 3.05) is 11.5 Å². The van der Waals surface area contributed by atoms with Crippen LogP contribution in [0.15, 0.2) is 18.2 Å². The predicted octanol–water partition coefficient (Wildman–Crippen LogP) is 1.64. The quantitative estimate of drug-likeness (QED) is 0.708. The van der Waals surface area contributed by atoms with Gasteiger partial charge in [0, 0.05) is 23.9 Å². The number of thioether (sulfide) groups is 1. The molecule has 0 radical (unpaired) electrons. The minimum Gasteiger partial charge on any atom is -0.398 e. The number of anilines is 1. The van der Waals surface area contributed by atoms with E-state index in [0.717, 1.165) is 17.3 Å². The maximum absolute atomic E-state index is 10.8. The largest absolute Gasteiger partial charge is 0.398 e. The number of rotatable bonds is 5. The van der Waals surface area contributed by atoms with Crippen LogP contribution in [0.1, 0.15) is 30.6 Å². The lowest BCUT2D eigenvalue weighted by Gasteiger charge is -2.19. The minimum absolute atomic E-state index is 0.00606. The molecule has 0 bridgehead atoms. The normalized spacial score (nSPS) is 14.2. The Labute approximate surface area is 111 Å². The molecule has 0 aromatic heterocycles. The first-order valence-electron chi connectivity index (χ1n) is 5.77. The van der Waals surface area contributed by atoms with Gasteiger partial charge >= 0.3 is 0 Å². The Morgan fingerprint density at radius 3 is 2.67 bits per heavy atom. The summed E-state index contributed by atoms with van der Waals surface area (Å²) in [7, 11) is 0. The zero-order valence-electron chi connectivity index (χ0n) is 10.6. The molecule has 0 fully saturated rings. The number of aliphatic hydroxyl groups is 2. The lowest BCUT2D eigenvalue weighted by atomic mass is 9.99. The van der Waals surface area contributed by atoms with Crippen LogP contribution in [0.3, 0.4) is 0 Å². The minimum atomic E-state index is -1.02. The van der Waals surface area contributed by atoms with Crippen LogP contribution in [0.5, 0.6) is 0 Å². The summed E-state index contributed by atoms with van der Waals surface area (Å²) < 4.78 is 0. The van der Waals surface area contributed by atoms with Crippen LogP contribution < -0.4 is 5.73 Å². The highest BCUT2D eigenvalue weighted by Crippen LogP contribution is 2.26. The molecule has 1 aromatic rings. The third kappa shape index (κ3) is 4.33. The molecule has 0 spiro atoms. The molecule has 4 N–H and O–H groups in total. The molecule has 2 unspecified atom stereocenters. The summed E-state index contributed by atoms with van der Waals surface area (Å²) in [6, 6.07) is 5.32. The molecule has 0 aliphatic rings. The highest BCUT2D eigenvalue weighted by atomic mass is 32.2. The van der Waals surface area contributed by atoms with Crippen molar-refractivity contribution < 1.29 is 15.0 Å². The van der Waals surface area contributed by atoms with E-state index in [9.17, 15) is 15.0 Å². The number of aryl methyl sites for hydroxylation is 1. The molecule has 18 heavy (non-hydrogen) atoms. The number of nitrogen functional groups attached to an aromatic ring is 1. The van der Waals surface area contributed by atoms with Crippen molar-refractivity contribution >= 4 is 22.6 Å². The molecule has 4 nitrogen and oxygen atoms in total. The highest BCUT2D eigenvalue weighted by molar-refractivity contribution is 8.13. The Kier molecular flexibility index (Phi) is 5.65. The summed E-state index contributed by atoms with van der Waals surface area (Å²) in [5.74, 6) is 0.485. The van der Waals surface area contributed by atoms with Gasteiger partial charge in [-0.25, -0.2) is 0 Å². The number of benzene rings is 1. The highest BCUT2D eigenvalue weighted by Gasteiger charge is 2.20. The van der Waals surface area contributed by atoms with Gasteiger partial charge in [-0.2, -0.15) is 0 Å². The van der Waals surface area contributed by atoms with E-state index >= 15 is 0 Å². The lowest BCUT2D eigenvalue weighted by Crippen LogP contribution is -2.20. The molecule has 0 amide bonds. The van der Waals surface area contributed by atoms with Gasteiger partial charge in [-0.1, -0.05) is 23.9 Å². The van der Waals surface area contributed by atoms with E-state index in [1.165, 1.54) is 6.92 Å². The number of aliphatic hydroxyl groups excluding tert-OH is 2. The van der Waals surface area contributed by atoms with Crippen LogP contribution in [-0.4, -0.2) is 27.2 Å². The molecule has 0 heterocycles. The Balaban J connectivity index is 2.62. The van der Waals surface area contributed by atoms with Crippen molar-refractivity contribution in [2.45, 2.75) is 32.5 Å². The smallest absolute Gasteiger partial charge is 0.185 e. The summed E-state index contributed by atoms with van der Waals surface area (Å²) in [4.78, 5) is 10.8. The molecule has 0 aliphatic heterocycles. The van der Waals surface area contributed by atoms with E-state index in [2.05, 4.69) is 0 Å². The number of hydrogen-bond acceptors (Lipinski definition) is 5. The van der Waals surface area contributed by atoms with Crippen LogP contribution in [0.2, 0.25) is 0 Å². The first-order valence-corrected chi connectivity index (χ1v) is 6.76. The molecule has 0 saturated carbocycles. The lowest BCUT2D eigenvalue weighted by molar-refractivity contribution is -0.109. The molecule has 0 aliphatic carbocycles. The van der Waals surface area contributed by atoms with Crippen molar-refractivity contribution in [1.82, 2.24) is 0 Å². The number of carbonyl (C=O) groups excluding carboxylic acids is 1.